The molecule has 0 aromatic heterocycles. The van der Waals surface area contributed by atoms with Crippen LogP contribution in [0.5, 0.6) is 11.5 Å². The second-order valence-electron chi connectivity index (χ2n) is 10.4. The van der Waals surface area contributed by atoms with E-state index in [4.69, 9.17) is 4.74 Å². The first-order valence-electron chi connectivity index (χ1n) is 14.1. The van der Waals surface area contributed by atoms with E-state index < -0.39 is 15.8 Å². The molecule has 1 aliphatic rings. The summed E-state index contributed by atoms with van der Waals surface area (Å²) in [7, 11) is -1.64. The highest BCUT2D eigenvalue weighted by molar-refractivity contribution is 7.99. The summed E-state index contributed by atoms with van der Waals surface area (Å²) in [6.07, 6.45) is 0. The Hall–Kier alpha value is -3.67. The van der Waals surface area contributed by atoms with Crippen LogP contribution in [0.25, 0.3) is 0 Å². The van der Waals surface area contributed by atoms with E-state index in [1.165, 1.54) is 52.7 Å². The zero-order chi connectivity index (χ0) is 28.5. The molecule has 0 bridgehead atoms. The van der Waals surface area contributed by atoms with E-state index in [-0.39, 0.29) is 0 Å². The number of hydrogen-bond acceptors (Lipinski definition) is 2. The summed E-state index contributed by atoms with van der Waals surface area (Å²) < 4.78 is 7.21. The maximum Gasteiger partial charge on any atom is 0.149 e. The third kappa shape index (κ3) is 5.32. The van der Waals surface area contributed by atoms with Crippen LogP contribution in [0.3, 0.4) is 0 Å². The van der Waals surface area contributed by atoms with E-state index in [9.17, 15) is 0 Å². The Balaban J connectivity index is 1.43. The molecule has 1 heterocycles. The third-order valence-corrected chi connectivity index (χ3v) is 13.3. The van der Waals surface area contributed by atoms with Crippen molar-refractivity contribution in [2.24, 2.45) is 0 Å². The van der Waals surface area contributed by atoms with Gasteiger partial charge in [-0.2, -0.15) is 0 Å². The summed E-state index contributed by atoms with van der Waals surface area (Å²) in [5, 5.41) is 7.84. The van der Waals surface area contributed by atoms with Crippen LogP contribution < -0.4 is 36.6 Å². The van der Waals surface area contributed by atoms with Crippen LogP contribution >= 0.6 is 27.6 Å². The van der Waals surface area contributed by atoms with Gasteiger partial charge in [-0.25, -0.2) is 0 Å². The van der Waals surface area contributed by atoms with E-state index in [0.29, 0.717) is 0 Å². The molecule has 1 nitrogen and oxygen atoms in total. The van der Waals surface area contributed by atoms with Crippen LogP contribution in [0, 0.1) is 13.8 Å². The topological polar surface area (TPSA) is 9.23 Å². The second kappa shape index (κ2) is 11.9. The van der Waals surface area contributed by atoms with Gasteiger partial charge in [-0.15, -0.1) is 0 Å². The number of aryl methyl sites for hydroxylation is 2. The predicted octanol–water partition coefficient (Wildman–Crippen LogP) is 8.08. The minimum absolute atomic E-state index is 0.818. The van der Waals surface area contributed by atoms with Gasteiger partial charge in [0.15, 0.2) is 0 Å². The lowest BCUT2D eigenvalue weighted by atomic mass is 10.2. The van der Waals surface area contributed by atoms with Crippen molar-refractivity contribution in [1.29, 1.82) is 0 Å². The van der Waals surface area contributed by atoms with Gasteiger partial charge in [0.1, 0.15) is 11.5 Å². The first kappa shape index (κ1) is 27.2. The molecular formula is C38H30OP2S. The van der Waals surface area contributed by atoms with Crippen molar-refractivity contribution in [1.82, 2.24) is 0 Å². The highest BCUT2D eigenvalue weighted by Crippen LogP contribution is 2.52. The van der Waals surface area contributed by atoms with Crippen molar-refractivity contribution < 1.29 is 4.74 Å². The molecular weight excluding hydrogens is 566 g/mol. The molecule has 42 heavy (non-hydrogen) atoms. The lowest BCUT2D eigenvalue weighted by molar-refractivity contribution is 0.462. The predicted molar refractivity (Wildman–Crippen MR) is 184 cm³/mol. The Kier molecular flexibility index (Phi) is 7.70. The Morgan fingerprint density at radius 2 is 0.738 bits per heavy atom. The van der Waals surface area contributed by atoms with Gasteiger partial charge < -0.3 is 4.74 Å². The highest BCUT2D eigenvalue weighted by Gasteiger charge is 2.31. The molecule has 0 aliphatic carbocycles. The number of fused-ring (bicyclic) bond motifs is 2. The first-order chi connectivity index (χ1) is 20.7. The fourth-order valence-electron chi connectivity index (χ4n) is 5.52. The molecule has 6 aromatic carbocycles. The molecule has 6 aromatic rings. The monoisotopic (exact) mass is 596 g/mol. The van der Waals surface area contributed by atoms with Gasteiger partial charge in [0.05, 0.1) is 9.79 Å². The molecule has 204 valence electrons. The average molecular weight is 597 g/mol. The molecule has 0 amide bonds. The molecule has 1 aliphatic heterocycles. The number of hydrogen-bond donors (Lipinski definition) is 0. The molecule has 0 spiro atoms. The van der Waals surface area contributed by atoms with E-state index in [0.717, 1.165) is 11.5 Å². The zero-order valence-electron chi connectivity index (χ0n) is 23.6. The van der Waals surface area contributed by atoms with Crippen LogP contribution in [0.15, 0.2) is 155 Å². The number of ether oxygens (including phenoxy) is 1. The zero-order valence-corrected chi connectivity index (χ0v) is 26.2. The molecule has 7 rings (SSSR count). The highest BCUT2D eigenvalue weighted by atomic mass is 32.2. The van der Waals surface area contributed by atoms with Gasteiger partial charge >= 0.3 is 0 Å². The van der Waals surface area contributed by atoms with Crippen LogP contribution in [0.1, 0.15) is 11.1 Å². The van der Waals surface area contributed by atoms with Crippen LogP contribution in [-0.2, 0) is 0 Å². The molecule has 0 unspecified atom stereocenters. The Morgan fingerprint density at radius 3 is 1.05 bits per heavy atom. The fourth-order valence-corrected chi connectivity index (χ4v) is 11.9. The molecule has 0 saturated heterocycles. The minimum Gasteiger partial charge on any atom is -0.454 e. The van der Waals surface area contributed by atoms with E-state index >= 15 is 0 Å². The van der Waals surface area contributed by atoms with Crippen LogP contribution in [0.4, 0.5) is 0 Å². The van der Waals surface area contributed by atoms with Crippen molar-refractivity contribution >= 4 is 59.4 Å². The van der Waals surface area contributed by atoms with Gasteiger partial charge in [0.2, 0.25) is 0 Å². The second-order valence-corrected chi connectivity index (χ2v) is 15.9. The molecule has 0 atom stereocenters. The summed E-state index contributed by atoms with van der Waals surface area (Å²) in [4.78, 5) is 2.38. The van der Waals surface area contributed by atoms with E-state index in [1.807, 2.05) is 11.8 Å². The molecule has 0 saturated carbocycles. The van der Waals surface area contributed by atoms with Crippen molar-refractivity contribution in [3.63, 3.8) is 0 Å². The third-order valence-electron chi connectivity index (χ3n) is 7.32. The number of benzene rings is 6. The SMILES string of the molecule is Cc1cc2c(c(P(c3ccccc3)c3ccccc3)c1)Oc1c(cc(C)cc1P(c1ccccc1)c1ccccc1)S2. The Labute approximate surface area is 255 Å². The van der Waals surface area contributed by atoms with Crippen LogP contribution in [0.2, 0.25) is 0 Å². The largest absolute Gasteiger partial charge is 0.454 e. The van der Waals surface area contributed by atoms with Crippen LogP contribution in [-0.4, -0.2) is 0 Å². The smallest absolute Gasteiger partial charge is 0.149 e. The Bertz CT molecular complexity index is 1630. The van der Waals surface area contributed by atoms with Gasteiger partial charge in [-0.05, 0) is 86.3 Å². The fraction of sp³-hybridized carbons (Fsp3) is 0.0526. The summed E-state index contributed by atoms with van der Waals surface area (Å²) in [6.45, 7) is 4.41. The van der Waals surface area contributed by atoms with Gasteiger partial charge in [0, 0.05) is 10.6 Å². The summed E-state index contributed by atoms with van der Waals surface area (Å²) in [5.74, 6) is 2.00. The summed E-state index contributed by atoms with van der Waals surface area (Å²) in [5.41, 5.74) is 2.51. The van der Waals surface area contributed by atoms with Gasteiger partial charge in [-0.1, -0.05) is 133 Å². The number of rotatable bonds is 6. The summed E-state index contributed by atoms with van der Waals surface area (Å²) >= 11 is 1.85. The molecule has 0 radical (unpaired) electrons. The van der Waals surface area contributed by atoms with E-state index in [2.05, 4.69) is 159 Å². The average Bonchev–Trinajstić information content (AvgIpc) is 3.02. The normalized spacial score (nSPS) is 12.1. The van der Waals surface area contributed by atoms with Crippen molar-refractivity contribution in [3.05, 3.63) is 157 Å². The maximum atomic E-state index is 7.21. The first-order valence-corrected chi connectivity index (χ1v) is 17.6. The molecule has 0 N–H and O–H groups in total. The lowest BCUT2D eigenvalue weighted by Crippen LogP contribution is -2.26. The van der Waals surface area contributed by atoms with E-state index in [1.54, 1.807) is 0 Å². The Morgan fingerprint density at radius 1 is 0.429 bits per heavy atom. The van der Waals surface area contributed by atoms with Crippen molar-refractivity contribution in [2.75, 3.05) is 0 Å². The quantitative estimate of drug-likeness (QED) is 0.180. The van der Waals surface area contributed by atoms with Crippen molar-refractivity contribution in [3.8, 4) is 11.5 Å². The van der Waals surface area contributed by atoms with Crippen molar-refractivity contribution in [2.45, 2.75) is 23.6 Å². The standard InChI is InChI=1S/C38H30OP2S/c1-27-23-33(40(29-15-7-3-8-16-29)30-17-9-4-10-18-30)37-35(25-27)42-36-26-28(2)24-34(38(36)39-37)41(31-19-11-5-12-20-31)32-21-13-6-14-22-32/h3-26H,1-2H3. The lowest BCUT2D eigenvalue weighted by Gasteiger charge is -2.30. The summed E-state index contributed by atoms with van der Waals surface area (Å²) in [6, 6.07) is 52.9. The minimum atomic E-state index is -0.818. The molecule has 0 fully saturated rings. The van der Waals surface area contributed by atoms with Gasteiger partial charge in [-0.3, -0.25) is 0 Å². The molecule has 4 heteroatoms. The maximum absolute atomic E-state index is 7.21. The van der Waals surface area contributed by atoms with Gasteiger partial charge in [0.25, 0.3) is 0 Å².